The maximum absolute atomic E-state index is 4.71. The smallest absolute Gasteiger partial charge is 0.0700 e. The van der Waals surface area contributed by atoms with Crippen LogP contribution in [0.1, 0.15) is 12.0 Å². The van der Waals surface area contributed by atoms with Crippen molar-refractivity contribution in [2.24, 2.45) is 0 Å². The van der Waals surface area contributed by atoms with E-state index in [-0.39, 0.29) is 0 Å². The van der Waals surface area contributed by atoms with Gasteiger partial charge in [-0.25, -0.2) is 0 Å². The Balaban J connectivity index is 2.28. The molecule has 1 nitrogen and oxygen atoms in total. The van der Waals surface area contributed by atoms with Crippen LogP contribution in [-0.4, -0.2) is 6.61 Å². The number of ether oxygens (including phenoxy) is 1. The molecular formula is C10H13O. The van der Waals surface area contributed by atoms with Gasteiger partial charge in [-0.15, -0.1) is 0 Å². The topological polar surface area (TPSA) is 9.23 Å². The Bertz CT molecular complexity index is 181. The lowest BCUT2D eigenvalue weighted by molar-refractivity contribution is 0.238. The molecule has 0 aromatic heterocycles. The summed E-state index contributed by atoms with van der Waals surface area (Å²) in [6.45, 7) is 0.745. The van der Waals surface area contributed by atoms with Crippen LogP contribution in [0.15, 0.2) is 30.3 Å². The van der Waals surface area contributed by atoms with Crippen molar-refractivity contribution in [3.05, 3.63) is 43.0 Å². The average molecular weight is 149 g/mol. The van der Waals surface area contributed by atoms with Crippen molar-refractivity contribution in [3.63, 3.8) is 0 Å². The highest BCUT2D eigenvalue weighted by molar-refractivity contribution is 5.14. The normalized spacial score (nSPS) is 9.91. The molecule has 0 saturated heterocycles. The minimum atomic E-state index is 0.745. The highest BCUT2D eigenvalue weighted by Gasteiger charge is 1.89. The molecule has 0 spiro atoms. The third-order valence-electron chi connectivity index (χ3n) is 1.60. The molecule has 0 fully saturated rings. The van der Waals surface area contributed by atoms with Gasteiger partial charge in [0.15, 0.2) is 0 Å². The molecular weight excluding hydrogens is 136 g/mol. The largest absolute Gasteiger partial charge is 0.379 e. The highest BCUT2D eigenvalue weighted by atomic mass is 16.5. The van der Waals surface area contributed by atoms with Crippen molar-refractivity contribution in [3.8, 4) is 0 Å². The summed E-state index contributed by atoms with van der Waals surface area (Å²) in [6.07, 6.45) is 2.13. The number of aryl methyl sites for hydroxylation is 1. The first kappa shape index (κ1) is 8.28. The van der Waals surface area contributed by atoms with E-state index in [1.807, 2.05) is 6.07 Å². The van der Waals surface area contributed by atoms with Gasteiger partial charge >= 0.3 is 0 Å². The van der Waals surface area contributed by atoms with Crippen LogP contribution in [-0.2, 0) is 11.2 Å². The van der Waals surface area contributed by atoms with Gasteiger partial charge in [0.2, 0.25) is 0 Å². The second-order valence-electron chi connectivity index (χ2n) is 2.50. The van der Waals surface area contributed by atoms with Crippen LogP contribution in [0, 0.1) is 7.11 Å². The highest BCUT2D eigenvalue weighted by Crippen LogP contribution is 2.01. The van der Waals surface area contributed by atoms with Crippen LogP contribution in [0.2, 0.25) is 0 Å². The summed E-state index contributed by atoms with van der Waals surface area (Å²) in [7, 11) is 3.32. The molecule has 0 atom stereocenters. The van der Waals surface area contributed by atoms with E-state index < -0.39 is 0 Å². The van der Waals surface area contributed by atoms with Crippen LogP contribution in [0.4, 0.5) is 0 Å². The first-order valence-electron chi connectivity index (χ1n) is 3.84. The summed E-state index contributed by atoms with van der Waals surface area (Å²) in [5.41, 5.74) is 1.37. The predicted molar refractivity (Wildman–Crippen MR) is 46.1 cm³/mol. The Morgan fingerprint density at radius 2 is 1.91 bits per heavy atom. The summed E-state index contributed by atoms with van der Waals surface area (Å²) in [6, 6.07) is 10.4. The zero-order valence-corrected chi connectivity index (χ0v) is 6.62. The minimum Gasteiger partial charge on any atom is -0.379 e. The van der Waals surface area contributed by atoms with Crippen molar-refractivity contribution >= 4 is 0 Å². The zero-order chi connectivity index (χ0) is 7.94. The van der Waals surface area contributed by atoms with Gasteiger partial charge in [0.05, 0.1) is 7.11 Å². The second kappa shape index (κ2) is 4.91. The van der Waals surface area contributed by atoms with Gasteiger partial charge in [-0.1, -0.05) is 30.3 Å². The third-order valence-corrected chi connectivity index (χ3v) is 1.60. The molecule has 1 rings (SSSR count). The maximum atomic E-state index is 4.71. The standard InChI is InChI=1S/C10H13O/c1-11-9-5-8-10-6-3-2-4-7-10/h2-4,6-7H,1,5,8-9H2. The molecule has 0 heterocycles. The second-order valence-corrected chi connectivity index (χ2v) is 2.50. The third kappa shape index (κ3) is 3.19. The van der Waals surface area contributed by atoms with Crippen LogP contribution < -0.4 is 0 Å². The molecule has 0 bridgehead atoms. The number of hydrogen-bond donors (Lipinski definition) is 0. The van der Waals surface area contributed by atoms with Gasteiger partial charge in [0.1, 0.15) is 0 Å². The van der Waals surface area contributed by atoms with Gasteiger partial charge in [-0.05, 0) is 18.4 Å². The lowest BCUT2D eigenvalue weighted by atomic mass is 10.1. The van der Waals surface area contributed by atoms with E-state index >= 15 is 0 Å². The lowest BCUT2D eigenvalue weighted by Gasteiger charge is -1.98. The Labute approximate surface area is 68.0 Å². The Kier molecular flexibility index (Phi) is 3.70. The van der Waals surface area contributed by atoms with E-state index in [1.165, 1.54) is 5.56 Å². The molecule has 0 aliphatic heterocycles. The van der Waals surface area contributed by atoms with E-state index in [0.717, 1.165) is 19.4 Å². The summed E-state index contributed by atoms with van der Waals surface area (Å²) in [5.74, 6) is 0. The maximum Gasteiger partial charge on any atom is 0.0700 e. The van der Waals surface area contributed by atoms with Crippen molar-refractivity contribution < 1.29 is 4.74 Å². The van der Waals surface area contributed by atoms with Gasteiger partial charge in [-0.3, -0.25) is 0 Å². The zero-order valence-electron chi connectivity index (χ0n) is 6.62. The van der Waals surface area contributed by atoms with Crippen molar-refractivity contribution in [2.45, 2.75) is 12.8 Å². The van der Waals surface area contributed by atoms with Gasteiger partial charge in [0.25, 0.3) is 0 Å². The predicted octanol–water partition coefficient (Wildman–Crippen LogP) is 2.43. The van der Waals surface area contributed by atoms with E-state index in [4.69, 9.17) is 4.74 Å². The summed E-state index contributed by atoms with van der Waals surface area (Å²) < 4.78 is 4.71. The number of benzene rings is 1. The van der Waals surface area contributed by atoms with Crippen LogP contribution in [0.5, 0.6) is 0 Å². The molecule has 11 heavy (non-hydrogen) atoms. The fourth-order valence-corrected chi connectivity index (χ4v) is 1.02. The van der Waals surface area contributed by atoms with Crippen molar-refractivity contribution in [2.75, 3.05) is 6.61 Å². The molecule has 0 amide bonds. The van der Waals surface area contributed by atoms with E-state index in [9.17, 15) is 0 Å². The lowest BCUT2D eigenvalue weighted by Crippen LogP contribution is -1.90. The van der Waals surface area contributed by atoms with E-state index in [0.29, 0.717) is 0 Å². The molecule has 59 valence electrons. The molecule has 0 unspecified atom stereocenters. The summed E-state index contributed by atoms with van der Waals surface area (Å²) in [4.78, 5) is 0. The Hall–Kier alpha value is -0.820. The molecule has 0 N–H and O–H groups in total. The number of hydrogen-bond acceptors (Lipinski definition) is 1. The molecule has 1 aromatic rings. The molecule has 1 radical (unpaired) electrons. The molecule has 0 aliphatic rings. The SMILES string of the molecule is [CH2]OCCCc1ccccc1. The van der Waals surface area contributed by atoms with Gasteiger partial charge in [0, 0.05) is 6.61 Å². The first-order chi connectivity index (χ1) is 5.43. The van der Waals surface area contributed by atoms with E-state index in [1.54, 1.807) is 0 Å². The van der Waals surface area contributed by atoms with Crippen LogP contribution in [0.25, 0.3) is 0 Å². The molecule has 1 heteroatoms. The molecule has 0 saturated carbocycles. The fourth-order valence-electron chi connectivity index (χ4n) is 1.02. The Morgan fingerprint density at radius 1 is 1.18 bits per heavy atom. The average Bonchev–Trinajstić information content (AvgIpc) is 2.07. The summed E-state index contributed by atoms with van der Waals surface area (Å²) in [5, 5.41) is 0. The first-order valence-corrected chi connectivity index (χ1v) is 3.84. The summed E-state index contributed by atoms with van der Waals surface area (Å²) >= 11 is 0. The molecule has 1 aromatic carbocycles. The number of rotatable bonds is 4. The van der Waals surface area contributed by atoms with Crippen molar-refractivity contribution in [1.29, 1.82) is 0 Å². The van der Waals surface area contributed by atoms with Crippen LogP contribution >= 0.6 is 0 Å². The van der Waals surface area contributed by atoms with Crippen molar-refractivity contribution in [1.82, 2.24) is 0 Å². The quantitative estimate of drug-likeness (QED) is 0.597. The minimum absolute atomic E-state index is 0.745. The van der Waals surface area contributed by atoms with E-state index in [2.05, 4.69) is 31.4 Å². The Morgan fingerprint density at radius 3 is 2.55 bits per heavy atom. The van der Waals surface area contributed by atoms with Crippen LogP contribution in [0.3, 0.4) is 0 Å². The van der Waals surface area contributed by atoms with Gasteiger partial charge in [-0.2, -0.15) is 0 Å². The van der Waals surface area contributed by atoms with Gasteiger partial charge < -0.3 is 4.74 Å². The monoisotopic (exact) mass is 149 g/mol. The fraction of sp³-hybridized carbons (Fsp3) is 0.300. The molecule has 0 aliphatic carbocycles.